The van der Waals surface area contributed by atoms with Crippen LogP contribution < -0.4 is 11.3 Å². The molecule has 0 unspecified atom stereocenters. The van der Waals surface area contributed by atoms with Crippen molar-refractivity contribution in [3.05, 3.63) is 68.5 Å². The van der Waals surface area contributed by atoms with E-state index in [0.29, 0.717) is 11.2 Å². The van der Waals surface area contributed by atoms with Gasteiger partial charge in [0.05, 0.1) is 5.69 Å². The number of aromatic nitrogens is 1. The largest absolute Gasteiger partial charge is 0.385 e. The lowest BCUT2D eigenvalue weighted by molar-refractivity contribution is 1.02. The molecule has 0 aliphatic rings. The predicted octanol–water partition coefficient (Wildman–Crippen LogP) is 3.18. The zero-order valence-electron chi connectivity index (χ0n) is 10.0. The number of anilines is 1. The molecule has 0 aliphatic heterocycles. The number of halogens is 1. The van der Waals surface area contributed by atoms with Crippen molar-refractivity contribution in [3.63, 3.8) is 0 Å². The lowest BCUT2D eigenvalue weighted by Gasteiger charge is -2.12. The lowest BCUT2D eigenvalue weighted by Crippen LogP contribution is -2.22. The van der Waals surface area contributed by atoms with E-state index in [9.17, 15) is 4.79 Å². The van der Waals surface area contributed by atoms with E-state index in [2.05, 4.69) is 22.6 Å². The van der Waals surface area contributed by atoms with Crippen LogP contribution in [0.3, 0.4) is 0 Å². The van der Waals surface area contributed by atoms with E-state index in [1.165, 1.54) is 0 Å². The highest BCUT2D eigenvalue weighted by atomic mass is 127. The molecule has 2 N–H and O–H groups in total. The van der Waals surface area contributed by atoms with E-state index in [1.807, 2.05) is 54.6 Å². The average Bonchev–Trinajstić information content (AvgIpc) is 2.41. The van der Waals surface area contributed by atoms with Crippen molar-refractivity contribution in [2.24, 2.45) is 0 Å². The molecule has 0 aliphatic carbocycles. The monoisotopic (exact) mass is 362 g/mol. The lowest BCUT2D eigenvalue weighted by atomic mass is 10.1. The fourth-order valence-electron chi connectivity index (χ4n) is 2.16. The minimum absolute atomic E-state index is 0.0836. The van der Waals surface area contributed by atoms with Gasteiger partial charge in [-0.1, -0.05) is 30.3 Å². The normalized spacial score (nSPS) is 10.8. The molecule has 2 aromatic carbocycles. The molecule has 0 saturated heterocycles. The van der Waals surface area contributed by atoms with Crippen LogP contribution in [0.5, 0.6) is 0 Å². The number of nitrogens with zero attached hydrogens (tertiary/aromatic N) is 1. The third-order valence-corrected chi connectivity index (χ3v) is 3.96. The summed E-state index contributed by atoms with van der Waals surface area (Å²) in [4.78, 5) is 12.6. The van der Waals surface area contributed by atoms with E-state index in [-0.39, 0.29) is 5.56 Å². The number of hydrogen-bond acceptors (Lipinski definition) is 2. The van der Waals surface area contributed by atoms with E-state index in [1.54, 1.807) is 4.57 Å². The van der Waals surface area contributed by atoms with Gasteiger partial charge >= 0.3 is 0 Å². The average molecular weight is 362 g/mol. The van der Waals surface area contributed by atoms with E-state index < -0.39 is 0 Å². The number of nitrogen functional groups attached to an aromatic ring is 1. The summed E-state index contributed by atoms with van der Waals surface area (Å²) in [5.74, 6) is 0.452. The summed E-state index contributed by atoms with van der Waals surface area (Å²) in [6.07, 6.45) is 0. The van der Waals surface area contributed by atoms with Crippen molar-refractivity contribution >= 4 is 39.2 Å². The second kappa shape index (κ2) is 4.70. The molecule has 19 heavy (non-hydrogen) atoms. The highest BCUT2D eigenvalue weighted by molar-refractivity contribution is 14.1. The van der Waals surface area contributed by atoms with E-state index in [0.717, 1.165) is 14.6 Å². The summed E-state index contributed by atoms with van der Waals surface area (Å²) in [7, 11) is 0. The SMILES string of the molecule is Nc1cc2ccccc2c(=O)n1-c1ccccc1I. The Hall–Kier alpha value is -1.82. The second-order valence-corrected chi connectivity index (χ2v) is 5.41. The quantitative estimate of drug-likeness (QED) is 0.676. The van der Waals surface area contributed by atoms with Crippen LogP contribution in [0.1, 0.15) is 0 Å². The van der Waals surface area contributed by atoms with Crippen LogP contribution in [0.25, 0.3) is 16.5 Å². The third kappa shape index (κ3) is 2.02. The Kier molecular flexibility index (Phi) is 3.02. The number of rotatable bonds is 1. The zero-order valence-corrected chi connectivity index (χ0v) is 12.2. The topological polar surface area (TPSA) is 48.0 Å². The molecule has 0 radical (unpaired) electrons. The highest BCUT2D eigenvalue weighted by Crippen LogP contribution is 2.20. The van der Waals surface area contributed by atoms with E-state index >= 15 is 0 Å². The van der Waals surface area contributed by atoms with Crippen LogP contribution in [-0.4, -0.2) is 4.57 Å². The first-order valence-electron chi connectivity index (χ1n) is 5.83. The molecular formula is C15H11IN2O. The van der Waals surface area contributed by atoms with Crippen molar-refractivity contribution in [1.82, 2.24) is 4.57 Å². The van der Waals surface area contributed by atoms with Crippen LogP contribution in [0.2, 0.25) is 0 Å². The maximum atomic E-state index is 12.6. The summed E-state index contributed by atoms with van der Waals surface area (Å²) in [6, 6.07) is 17.0. The summed E-state index contributed by atoms with van der Waals surface area (Å²) in [6.45, 7) is 0. The molecule has 4 heteroatoms. The van der Waals surface area contributed by atoms with Gasteiger partial charge in [-0.25, -0.2) is 0 Å². The first-order valence-corrected chi connectivity index (χ1v) is 6.91. The number of hydrogen-bond donors (Lipinski definition) is 1. The molecule has 3 aromatic rings. The molecule has 1 aromatic heterocycles. The van der Waals surface area contributed by atoms with Crippen molar-refractivity contribution < 1.29 is 0 Å². The van der Waals surface area contributed by atoms with Crippen molar-refractivity contribution in [2.45, 2.75) is 0 Å². The van der Waals surface area contributed by atoms with Crippen molar-refractivity contribution in [3.8, 4) is 5.69 Å². The van der Waals surface area contributed by atoms with Crippen LogP contribution >= 0.6 is 22.6 Å². The van der Waals surface area contributed by atoms with Crippen LogP contribution in [-0.2, 0) is 0 Å². The van der Waals surface area contributed by atoms with Gasteiger partial charge in [-0.05, 0) is 52.2 Å². The van der Waals surface area contributed by atoms with Gasteiger partial charge in [0.25, 0.3) is 5.56 Å². The fourth-order valence-corrected chi connectivity index (χ4v) is 2.79. The Morgan fingerprint density at radius 3 is 2.47 bits per heavy atom. The molecule has 0 amide bonds. The van der Waals surface area contributed by atoms with Crippen LogP contribution in [0.4, 0.5) is 5.82 Å². The minimum Gasteiger partial charge on any atom is -0.385 e. The van der Waals surface area contributed by atoms with Gasteiger partial charge in [0.2, 0.25) is 0 Å². The molecular weight excluding hydrogens is 351 g/mol. The van der Waals surface area contributed by atoms with Gasteiger partial charge in [0.15, 0.2) is 0 Å². The molecule has 94 valence electrons. The van der Waals surface area contributed by atoms with Crippen LogP contribution in [0.15, 0.2) is 59.4 Å². The van der Waals surface area contributed by atoms with Gasteiger partial charge in [0, 0.05) is 8.96 Å². The molecule has 1 heterocycles. The molecule has 0 spiro atoms. The standard InChI is InChI=1S/C15H11IN2O/c16-12-7-3-4-8-13(12)18-14(17)9-10-5-1-2-6-11(10)15(18)19/h1-9H,17H2. The van der Waals surface area contributed by atoms with Crippen molar-refractivity contribution in [1.29, 1.82) is 0 Å². The number of benzene rings is 2. The summed E-state index contributed by atoms with van der Waals surface area (Å²) in [5.41, 5.74) is 6.78. The number of para-hydroxylation sites is 1. The second-order valence-electron chi connectivity index (χ2n) is 4.25. The van der Waals surface area contributed by atoms with Gasteiger partial charge in [-0.15, -0.1) is 0 Å². The first kappa shape index (κ1) is 12.2. The minimum atomic E-state index is -0.0836. The molecule has 0 atom stereocenters. The predicted molar refractivity (Wildman–Crippen MR) is 86.7 cm³/mol. The molecule has 0 fully saturated rings. The van der Waals surface area contributed by atoms with Gasteiger partial charge in [-0.3, -0.25) is 9.36 Å². The zero-order chi connectivity index (χ0) is 13.4. The Morgan fingerprint density at radius 1 is 1.00 bits per heavy atom. The number of nitrogens with two attached hydrogens (primary N) is 1. The fraction of sp³-hybridized carbons (Fsp3) is 0. The Bertz CT molecular complexity index is 824. The molecule has 3 rings (SSSR count). The maximum absolute atomic E-state index is 12.6. The highest BCUT2D eigenvalue weighted by Gasteiger charge is 2.10. The molecule has 0 saturated carbocycles. The van der Waals surface area contributed by atoms with E-state index in [4.69, 9.17) is 5.73 Å². The third-order valence-electron chi connectivity index (χ3n) is 3.05. The molecule has 3 nitrogen and oxygen atoms in total. The summed E-state index contributed by atoms with van der Waals surface area (Å²) >= 11 is 2.21. The maximum Gasteiger partial charge on any atom is 0.264 e. The smallest absolute Gasteiger partial charge is 0.264 e. The van der Waals surface area contributed by atoms with Crippen molar-refractivity contribution in [2.75, 3.05) is 5.73 Å². The summed E-state index contributed by atoms with van der Waals surface area (Å²) < 4.78 is 2.55. The van der Waals surface area contributed by atoms with Gasteiger partial charge in [-0.2, -0.15) is 0 Å². The Balaban J connectivity index is 2.43. The molecule has 0 bridgehead atoms. The van der Waals surface area contributed by atoms with Crippen LogP contribution in [0, 0.1) is 3.57 Å². The Labute approximate surface area is 123 Å². The first-order chi connectivity index (χ1) is 9.18. The summed E-state index contributed by atoms with van der Waals surface area (Å²) in [5, 5.41) is 1.54. The van der Waals surface area contributed by atoms with Gasteiger partial charge in [0.1, 0.15) is 5.82 Å². The van der Waals surface area contributed by atoms with Gasteiger partial charge < -0.3 is 5.73 Å². The Morgan fingerprint density at radius 2 is 1.68 bits per heavy atom. The number of pyridine rings is 1. The number of fused-ring (bicyclic) bond motifs is 1.